The quantitative estimate of drug-likeness (QED) is 0.819. The molecule has 1 aliphatic carbocycles. The molecule has 1 heterocycles. The number of pyridine rings is 1. The lowest BCUT2D eigenvalue weighted by Crippen LogP contribution is -2.23. The van der Waals surface area contributed by atoms with Crippen LogP contribution in [-0.4, -0.2) is 12.0 Å². The van der Waals surface area contributed by atoms with E-state index in [4.69, 9.17) is 0 Å². The van der Waals surface area contributed by atoms with Crippen LogP contribution in [-0.2, 0) is 0 Å². The van der Waals surface area contributed by atoms with E-state index in [1.807, 2.05) is 13.1 Å². The number of nitrogens with one attached hydrogen (secondary N) is 1. The Morgan fingerprint density at radius 2 is 2.07 bits per heavy atom. The molecule has 0 aliphatic heterocycles. The van der Waals surface area contributed by atoms with E-state index in [2.05, 4.69) is 29.5 Å². The van der Waals surface area contributed by atoms with E-state index in [-0.39, 0.29) is 0 Å². The van der Waals surface area contributed by atoms with Crippen LogP contribution in [0.4, 0.5) is 0 Å². The molecular formula is C13H20N2. The van der Waals surface area contributed by atoms with Crippen molar-refractivity contribution in [2.75, 3.05) is 7.05 Å². The van der Waals surface area contributed by atoms with Gasteiger partial charge in [-0.2, -0.15) is 0 Å². The summed E-state index contributed by atoms with van der Waals surface area (Å²) in [4.78, 5) is 4.38. The van der Waals surface area contributed by atoms with Crippen molar-refractivity contribution in [3.05, 3.63) is 29.6 Å². The van der Waals surface area contributed by atoms with Crippen LogP contribution in [0.5, 0.6) is 0 Å². The Kier molecular flexibility index (Phi) is 3.37. The SMILES string of the molecule is CNC(c1ccc(C)nc1)C1CCCC1. The molecule has 1 aromatic rings. The van der Waals surface area contributed by atoms with Crippen molar-refractivity contribution >= 4 is 0 Å². The maximum Gasteiger partial charge on any atom is 0.0372 e. The van der Waals surface area contributed by atoms with Crippen molar-refractivity contribution in [3.63, 3.8) is 0 Å². The van der Waals surface area contributed by atoms with Gasteiger partial charge in [-0.25, -0.2) is 0 Å². The zero-order chi connectivity index (χ0) is 10.7. The number of hydrogen-bond acceptors (Lipinski definition) is 2. The zero-order valence-corrected chi connectivity index (χ0v) is 9.66. The molecule has 1 atom stereocenters. The van der Waals surface area contributed by atoms with Gasteiger partial charge in [-0.05, 0) is 44.4 Å². The number of aryl methyl sites for hydroxylation is 1. The van der Waals surface area contributed by atoms with Crippen LogP contribution in [0.25, 0.3) is 0 Å². The molecule has 1 N–H and O–H groups in total. The van der Waals surface area contributed by atoms with Crippen molar-refractivity contribution in [2.45, 2.75) is 38.6 Å². The van der Waals surface area contributed by atoms with Crippen molar-refractivity contribution < 1.29 is 0 Å². The Balaban J connectivity index is 2.14. The summed E-state index contributed by atoms with van der Waals surface area (Å²) < 4.78 is 0. The van der Waals surface area contributed by atoms with E-state index in [1.54, 1.807) is 0 Å². The summed E-state index contributed by atoms with van der Waals surface area (Å²) in [6, 6.07) is 4.82. The average molecular weight is 204 g/mol. The highest BCUT2D eigenvalue weighted by Gasteiger charge is 2.24. The third-order valence-electron chi connectivity index (χ3n) is 3.48. The molecule has 0 amide bonds. The first-order valence-corrected chi connectivity index (χ1v) is 5.91. The first kappa shape index (κ1) is 10.6. The molecular weight excluding hydrogens is 184 g/mol. The third-order valence-corrected chi connectivity index (χ3v) is 3.48. The smallest absolute Gasteiger partial charge is 0.0372 e. The largest absolute Gasteiger partial charge is 0.313 e. The van der Waals surface area contributed by atoms with Gasteiger partial charge in [0.15, 0.2) is 0 Å². The normalized spacial score (nSPS) is 19.3. The Morgan fingerprint density at radius 3 is 2.60 bits per heavy atom. The molecule has 0 radical (unpaired) electrons. The molecule has 1 saturated carbocycles. The molecule has 0 bridgehead atoms. The van der Waals surface area contributed by atoms with Crippen LogP contribution in [0.2, 0.25) is 0 Å². The number of aromatic nitrogens is 1. The van der Waals surface area contributed by atoms with Gasteiger partial charge in [0, 0.05) is 17.9 Å². The van der Waals surface area contributed by atoms with Crippen LogP contribution in [0, 0.1) is 12.8 Å². The monoisotopic (exact) mass is 204 g/mol. The fourth-order valence-corrected chi connectivity index (χ4v) is 2.63. The molecule has 2 heteroatoms. The van der Waals surface area contributed by atoms with Gasteiger partial charge >= 0.3 is 0 Å². The number of rotatable bonds is 3. The molecule has 0 spiro atoms. The Morgan fingerprint density at radius 1 is 1.33 bits per heavy atom. The summed E-state index contributed by atoms with van der Waals surface area (Å²) in [6.07, 6.45) is 7.53. The van der Waals surface area contributed by atoms with Gasteiger partial charge in [-0.1, -0.05) is 18.9 Å². The fourth-order valence-electron chi connectivity index (χ4n) is 2.63. The van der Waals surface area contributed by atoms with Crippen molar-refractivity contribution in [1.82, 2.24) is 10.3 Å². The van der Waals surface area contributed by atoms with Crippen LogP contribution in [0.15, 0.2) is 18.3 Å². The van der Waals surface area contributed by atoms with Crippen molar-refractivity contribution in [1.29, 1.82) is 0 Å². The number of hydrogen-bond donors (Lipinski definition) is 1. The van der Waals surface area contributed by atoms with Crippen LogP contribution >= 0.6 is 0 Å². The predicted octanol–water partition coefficient (Wildman–Crippen LogP) is 2.84. The van der Waals surface area contributed by atoms with Crippen LogP contribution in [0.1, 0.15) is 43.0 Å². The molecule has 1 aliphatic rings. The average Bonchev–Trinajstić information content (AvgIpc) is 2.75. The zero-order valence-electron chi connectivity index (χ0n) is 9.66. The molecule has 0 aromatic carbocycles. The molecule has 2 nitrogen and oxygen atoms in total. The first-order chi connectivity index (χ1) is 7.31. The summed E-state index contributed by atoms with van der Waals surface area (Å²) in [5, 5.41) is 3.44. The van der Waals surface area contributed by atoms with Crippen molar-refractivity contribution in [2.24, 2.45) is 5.92 Å². The molecule has 1 fully saturated rings. The summed E-state index contributed by atoms with van der Waals surface area (Å²) >= 11 is 0. The van der Waals surface area contributed by atoms with E-state index in [0.29, 0.717) is 6.04 Å². The predicted molar refractivity (Wildman–Crippen MR) is 62.7 cm³/mol. The molecule has 15 heavy (non-hydrogen) atoms. The summed E-state index contributed by atoms with van der Waals surface area (Å²) in [5.74, 6) is 0.805. The highest BCUT2D eigenvalue weighted by molar-refractivity contribution is 5.18. The van der Waals surface area contributed by atoms with E-state index >= 15 is 0 Å². The minimum absolute atomic E-state index is 0.501. The second kappa shape index (κ2) is 4.75. The molecule has 1 unspecified atom stereocenters. The van der Waals surface area contributed by atoms with E-state index in [9.17, 15) is 0 Å². The summed E-state index contributed by atoms with van der Waals surface area (Å²) in [7, 11) is 2.06. The van der Waals surface area contributed by atoms with E-state index in [1.165, 1.54) is 31.2 Å². The van der Waals surface area contributed by atoms with Gasteiger partial charge in [-0.15, -0.1) is 0 Å². The van der Waals surface area contributed by atoms with Crippen LogP contribution < -0.4 is 5.32 Å². The topological polar surface area (TPSA) is 24.9 Å². The Hall–Kier alpha value is -0.890. The van der Waals surface area contributed by atoms with Gasteiger partial charge in [-0.3, -0.25) is 4.98 Å². The lowest BCUT2D eigenvalue weighted by Gasteiger charge is -2.23. The van der Waals surface area contributed by atoms with Crippen LogP contribution in [0.3, 0.4) is 0 Å². The van der Waals surface area contributed by atoms with E-state index in [0.717, 1.165) is 11.6 Å². The third kappa shape index (κ3) is 2.37. The van der Waals surface area contributed by atoms with Gasteiger partial charge in [0.05, 0.1) is 0 Å². The second-order valence-corrected chi connectivity index (χ2v) is 4.54. The van der Waals surface area contributed by atoms with Gasteiger partial charge < -0.3 is 5.32 Å². The Labute approximate surface area is 92.1 Å². The molecule has 82 valence electrons. The molecule has 2 rings (SSSR count). The minimum Gasteiger partial charge on any atom is -0.313 e. The lowest BCUT2D eigenvalue weighted by atomic mass is 9.93. The van der Waals surface area contributed by atoms with Crippen molar-refractivity contribution in [3.8, 4) is 0 Å². The fraction of sp³-hybridized carbons (Fsp3) is 0.615. The highest BCUT2D eigenvalue weighted by Crippen LogP contribution is 2.35. The Bertz CT molecular complexity index is 299. The van der Waals surface area contributed by atoms with Gasteiger partial charge in [0.25, 0.3) is 0 Å². The second-order valence-electron chi connectivity index (χ2n) is 4.54. The minimum atomic E-state index is 0.501. The standard InChI is InChI=1S/C13H20N2/c1-10-7-8-12(9-15-10)13(14-2)11-5-3-4-6-11/h7-9,11,13-14H,3-6H2,1-2H3. The highest BCUT2D eigenvalue weighted by atomic mass is 14.9. The maximum absolute atomic E-state index is 4.38. The molecule has 0 saturated heterocycles. The maximum atomic E-state index is 4.38. The lowest BCUT2D eigenvalue weighted by molar-refractivity contribution is 0.389. The van der Waals surface area contributed by atoms with Gasteiger partial charge in [0.2, 0.25) is 0 Å². The summed E-state index contributed by atoms with van der Waals surface area (Å²) in [6.45, 7) is 2.04. The first-order valence-electron chi connectivity index (χ1n) is 5.91. The summed E-state index contributed by atoms with van der Waals surface area (Å²) in [5.41, 5.74) is 2.44. The van der Waals surface area contributed by atoms with E-state index < -0.39 is 0 Å². The molecule has 1 aromatic heterocycles. The number of nitrogens with zero attached hydrogens (tertiary/aromatic N) is 1. The van der Waals surface area contributed by atoms with Gasteiger partial charge in [0.1, 0.15) is 0 Å².